The van der Waals surface area contributed by atoms with Crippen LogP contribution >= 0.6 is 11.6 Å². The highest BCUT2D eigenvalue weighted by Gasteiger charge is 2.12. The van der Waals surface area contributed by atoms with Gasteiger partial charge < -0.3 is 14.3 Å². The Morgan fingerprint density at radius 1 is 1.38 bits per heavy atom. The highest BCUT2D eigenvalue weighted by molar-refractivity contribution is 6.31. The molecule has 0 bridgehead atoms. The molecule has 0 aliphatic heterocycles. The summed E-state index contributed by atoms with van der Waals surface area (Å²) in [6.07, 6.45) is 1.44. The summed E-state index contributed by atoms with van der Waals surface area (Å²) in [7, 11) is 0. The van der Waals surface area contributed by atoms with Gasteiger partial charge in [-0.3, -0.25) is 9.36 Å². The average Bonchev–Trinajstić information content (AvgIpc) is 3.04. The van der Waals surface area contributed by atoms with E-state index in [2.05, 4.69) is 15.0 Å². The zero-order valence-corrected chi connectivity index (χ0v) is 11.5. The fourth-order valence-electron chi connectivity index (χ4n) is 1.94. The van der Waals surface area contributed by atoms with Crippen molar-refractivity contribution in [1.29, 1.82) is 0 Å². The van der Waals surface area contributed by atoms with Crippen molar-refractivity contribution in [2.24, 2.45) is 0 Å². The molecule has 0 saturated heterocycles. The Bertz CT molecular complexity index is 835. The van der Waals surface area contributed by atoms with Crippen LogP contribution in [0.3, 0.4) is 0 Å². The van der Waals surface area contributed by atoms with E-state index in [9.17, 15) is 9.59 Å². The van der Waals surface area contributed by atoms with Crippen molar-refractivity contribution in [3.05, 3.63) is 46.1 Å². The molecule has 21 heavy (non-hydrogen) atoms. The van der Waals surface area contributed by atoms with Gasteiger partial charge >= 0.3 is 5.76 Å². The third-order valence-electron chi connectivity index (χ3n) is 2.90. The average molecular weight is 308 g/mol. The summed E-state index contributed by atoms with van der Waals surface area (Å²) in [5, 5.41) is 6.61. The third kappa shape index (κ3) is 2.82. The first-order valence-electron chi connectivity index (χ1n) is 6.12. The number of carbonyl (C=O) groups excluding carboxylic acids is 1. The zero-order valence-electron chi connectivity index (χ0n) is 10.7. The highest BCUT2D eigenvalue weighted by Crippen LogP contribution is 2.18. The molecule has 1 N–H and O–H groups in total. The van der Waals surface area contributed by atoms with Gasteiger partial charge in [0.25, 0.3) is 0 Å². The van der Waals surface area contributed by atoms with Gasteiger partial charge in [-0.15, -0.1) is 0 Å². The number of oxazole rings is 1. The Labute approximate surface area is 123 Å². The van der Waals surface area contributed by atoms with E-state index in [0.29, 0.717) is 21.9 Å². The number of hydrogen-bond donors (Lipinski definition) is 1. The van der Waals surface area contributed by atoms with Crippen molar-refractivity contribution >= 4 is 34.4 Å². The van der Waals surface area contributed by atoms with Crippen LogP contribution in [0, 0.1) is 0 Å². The van der Waals surface area contributed by atoms with Crippen molar-refractivity contribution in [2.45, 2.75) is 13.0 Å². The summed E-state index contributed by atoms with van der Waals surface area (Å²) in [6, 6.07) is 6.40. The summed E-state index contributed by atoms with van der Waals surface area (Å²) in [6.45, 7) is 0.176. The van der Waals surface area contributed by atoms with E-state index in [0.717, 1.165) is 0 Å². The van der Waals surface area contributed by atoms with Gasteiger partial charge in [0.1, 0.15) is 6.26 Å². The molecule has 1 aromatic carbocycles. The number of aromatic nitrogens is 2. The summed E-state index contributed by atoms with van der Waals surface area (Å²) < 4.78 is 11.1. The molecule has 0 saturated carbocycles. The molecule has 7 nitrogen and oxygen atoms in total. The SMILES string of the molecule is O=C(CCn1c(=O)oc2ccc(Cl)cc21)Nc1ccon1. The van der Waals surface area contributed by atoms with Crippen LogP contribution in [0.25, 0.3) is 11.1 Å². The van der Waals surface area contributed by atoms with Gasteiger partial charge in [0.15, 0.2) is 11.4 Å². The lowest BCUT2D eigenvalue weighted by Crippen LogP contribution is -2.19. The van der Waals surface area contributed by atoms with E-state index >= 15 is 0 Å². The van der Waals surface area contributed by atoms with Crippen molar-refractivity contribution in [3.63, 3.8) is 0 Å². The lowest BCUT2D eigenvalue weighted by molar-refractivity contribution is -0.116. The van der Waals surface area contributed by atoms with E-state index in [4.69, 9.17) is 16.0 Å². The smallest absolute Gasteiger partial charge is 0.408 e. The summed E-state index contributed by atoms with van der Waals surface area (Å²) in [4.78, 5) is 23.5. The van der Waals surface area contributed by atoms with Gasteiger partial charge in [-0.2, -0.15) is 0 Å². The molecular formula is C13H10ClN3O4. The number of benzene rings is 1. The van der Waals surface area contributed by atoms with Crippen molar-refractivity contribution in [1.82, 2.24) is 9.72 Å². The summed E-state index contributed by atoms with van der Waals surface area (Å²) in [5.74, 6) is -0.485. The second kappa shape index (κ2) is 5.45. The predicted octanol–water partition coefficient (Wildman–Crippen LogP) is 2.26. The number of amides is 1. The number of rotatable bonds is 4. The molecular weight excluding hydrogens is 298 g/mol. The molecule has 3 rings (SSSR count). The number of aryl methyl sites for hydroxylation is 1. The summed E-state index contributed by atoms with van der Waals surface area (Å²) >= 11 is 5.90. The number of nitrogens with zero attached hydrogens (tertiary/aromatic N) is 2. The number of carbonyl (C=O) groups is 1. The first-order valence-corrected chi connectivity index (χ1v) is 6.50. The minimum absolute atomic E-state index is 0.0912. The first-order chi connectivity index (χ1) is 10.1. The maximum absolute atomic E-state index is 11.8. The molecule has 108 valence electrons. The molecule has 0 unspecified atom stereocenters. The minimum atomic E-state index is -0.526. The van der Waals surface area contributed by atoms with Crippen LogP contribution in [0.2, 0.25) is 5.02 Å². The highest BCUT2D eigenvalue weighted by atomic mass is 35.5. The fourth-order valence-corrected chi connectivity index (χ4v) is 2.11. The van der Waals surface area contributed by atoms with Crippen LogP contribution < -0.4 is 11.1 Å². The molecule has 1 amide bonds. The van der Waals surface area contributed by atoms with Crippen LogP contribution in [0.5, 0.6) is 0 Å². The van der Waals surface area contributed by atoms with Crippen molar-refractivity contribution < 1.29 is 13.7 Å². The van der Waals surface area contributed by atoms with Crippen molar-refractivity contribution in [2.75, 3.05) is 5.32 Å². The maximum atomic E-state index is 11.8. The van der Waals surface area contributed by atoms with Gasteiger partial charge in [0.05, 0.1) is 5.52 Å². The lowest BCUT2D eigenvalue weighted by Gasteiger charge is -2.02. The van der Waals surface area contributed by atoms with Crippen LogP contribution in [0.1, 0.15) is 6.42 Å². The van der Waals surface area contributed by atoms with Crippen molar-refractivity contribution in [3.8, 4) is 0 Å². The molecule has 2 aromatic heterocycles. The van der Waals surface area contributed by atoms with Crippen LogP contribution in [-0.2, 0) is 11.3 Å². The van der Waals surface area contributed by atoms with E-state index in [1.807, 2.05) is 0 Å². The molecule has 0 atom stereocenters. The van der Waals surface area contributed by atoms with Crippen LogP contribution in [0.15, 0.2) is 44.3 Å². The Kier molecular flexibility index (Phi) is 3.49. The Morgan fingerprint density at radius 2 is 2.24 bits per heavy atom. The molecule has 0 aliphatic rings. The van der Waals surface area contributed by atoms with E-state index in [1.54, 1.807) is 18.2 Å². The lowest BCUT2D eigenvalue weighted by atomic mass is 10.3. The van der Waals surface area contributed by atoms with Crippen LogP contribution in [0.4, 0.5) is 5.82 Å². The summed E-state index contributed by atoms with van der Waals surface area (Å²) in [5.41, 5.74) is 0.989. The van der Waals surface area contributed by atoms with E-state index in [-0.39, 0.29) is 18.9 Å². The van der Waals surface area contributed by atoms with E-state index in [1.165, 1.54) is 16.9 Å². The number of anilines is 1. The number of halogens is 1. The Hall–Kier alpha value is -2.54. The van der Waals surface area contributed by atoms with Gasteiger partial charge in [-0.25, -0.2) is 4.79 Å². The standard InChI is InChI=1S/C13H10ClN3O4/c14-8-1-2-10-9(7-8)17(13(19)21-10)5-3-12(18)15-11-4-6-20-16-11/h1-2,4,6-7H,3,5H2,(H,15,16,18). The number of nitrogens with one attached hydrogen (secondary N) is 1. The largest absolute Gasteiger partial charge is 0.419 e. The zero-order chi connectivity index (χ0) is 14.8. The minimum Gasteiger partial charge on any atom is -0.408 e. The second-order valence-electron chi connectivity index (χ2n) is 4.31. The maximum Gasteiger partial charge on any atom is 0.419 e. The van der Waals surface area contributed by atoms with Crippen LogP contribution in [-0.4, -0.2) is 15.6 Å². The second-order valence-corrected chi connectivity index (χ2v) is 4.75. The first kappa shape index (κ1) is 13.4. The Balaban J connectivity index is 1.76. The quantitative estimate of drug-likeness (QED) is 0.798. The van der Waals surface area contributed by atoms with E-state index < -0.39 is 5.76 Å². The fraction of sp³-hybridized carbons (Fsp3) is 0.154. The molecule has 0 radical (unpaired) electrons. The predicted molar refractivity (Wildman–Crippen MR) is 75.2 cm³/mol. The molecule has 0 spiro atoms. The van der Waals surface area contributed by atoms with Gasteiger partial charge in [0, 0.05) is 24.1 Å². The van der Waals surface area contributed by atoms with Gasteiger partial charge in [-0.1, -0.05) is 16.8 Å². The topological polar surface area (TPSA) is 90.3 Å². The number of hydrogen-bond acceptors (Lipinski definition) is 5. The molecule has 0 aliphatic carbocycles. The molecule has 0 fully saturated rings. The Morgan fingerprint density at radius 3 is 3.00 bits per heavy atom. The molecule has 2 heterocycles. The van der Waals surface area contributed by atoms with Gasteiger partial charge in [0.2, 0.25) is 5.91 Å². The number of fused-ring (bicyclic) bond motifs is 1. The molecule has 8 heteroatoms. The normalized spacial score (nSPS) is 10.9. The molecule has 3 aromatic rings. The van der Waals surface area contributed by atoms with Gasteiger partial charge in [-0.05, 0) is 18.2 Å². The third-order valence-corrected chi connectivity index (χ3v) is 3.13. The monoisotopic (exact) mass is 307 g/mol.